The maximum atomic E-state index is 5.79. The summed E-state index contributed by atoms with van der Waals surface area (Å²) in [6.45, 7) is 5.04. The van der Waals surface area contributed by atoms with Gasteiger partial charge in [0.15, 0.2) is 5.82 Å². The van der Waals surface area contributed by atoms with Gasteiger partial charge < -0.3 is 15.4 Å². The van der Waals surface area contributed by atoms with Gasteiger partial charge in [-0.25, -0.2) is 9.97 Å². The molecule has 3 rings (SSSR count). The lowest BCUT2D eigenvalue weighted by molar-refractivity contribution is 0.122. The first-order valence-corrected chi connectivity index (χ1v) is 7.53. The van der Waals surface area contributed by atoms with Crippen molar-refractivity contribution in [3.8, 4) is 0 Å². The number of hydrogen-bond donors (Lipinski definition) is 2. The molecule has 0 amide bonds. The largest absolute Gasteiger partial charge is 0.399 e. The van der Waals surface area contributed by atoms with Crippen molar-refractivity contribution in [2.24, 2.45) is 5.10 Å². The smallest absolute Gasteiger partial charge is 0.151 e. The van der Waals surface area contributed by atoms with E-state index in [-0.39, 0.29) is 0 Å². The Hall–Kier alpha value is -2.67. The van der Waals surface area contributed by atoms with E-state index in [1.807, 2.05) is 37.3 Å². The number of benzene rings is 1. The minimum atomic E-state index is 0.657. The number of nitrogen functional groups attached to an aromatic ring is 1. The van der Waals surface area contributed by atoms with Gasteiger partial charge in [0.2, 0.25) is 0 Å². The third-order valence-corrected chi connectivity index (χ3v) is 3.63. The summed E-state index contributed by atoms with van der Waals surface area (Å²) < 4.78 is 5.36. The molecule has 7 heteroatoms. The number of ether oxygens (including phenoxy) is 1. The summed E-state index contributed by atoms with van der Waals surface area (Å²) >= 11 is 0. The third-order valence-electron chi connectivity index (χ3n) is 3.63. The van der Waals surface area contributed by atoms with Crippen LogP contribution in [0.5, 0.6) is 0 Å². The summed E-state index contributed by atoms with van der Waals surface area (Å²) in [7, 11) is 0. The lowest BCUT2D eigenvalue weighted by Crippen LogP contribution is -2.36. The Morgan fingerprint density at radius 1 is 1.26 bits per heavy atom. The van der Waals surface area contributed by atoms with E-state index in [1.54, 1.807) is 6.33 Å². The summed E-state index contributed by atoms with van der Waals surface area (Å²) in [4.78, 5) is 10.7. The molecule has 120 valence electrons. The lowest BCUT2D eigenvalue weighted by atomic mass is 10.1. The van der Waals surface area contributed by atoms with Crippen molar-refractivity contribution in [1.29, 1.82) is 0 Å². The molecule has 0 atom stereocenters. The first-order chi connectivity index (χ1) is 11.2. The monoisotopic (exact) mass is 312 g/mol. The first kappa shape index (κ1) is 15.2. The highest BCUT2D eigenvalue weighted by molar-refractivity contribution is 5.99. The number of nitrogens with two attached hydrogens (primary N) is 1. The molecule has 0 unspecified atom stereocenters. The fraction of sp³-hybridized carbons (Fsp3) is 0.312. The molecule has 7 nitrogen and oxygen atoms in total. The van der Waals surface area contributed by atoms with E-state index >= 15 is 0 Å². The molecule has 1 aliphatic heterocycles. The highest BCUT2D eigenvalue weighted by Gasteiger charge is 2.12. The summed E-state index contributed by atoms with van der Waals surface area (Å²) in [5.41, 5.74) is 11.3. The summed E-state index contributed by atoms with van der Waals surface area (Å²) in [6, 6.07) is 9.51. The quantitative estimate of drug-likeness (QED) is 0.508. The van der Waals surface area contributed by atoms with Crippen LogP contribution >= 0.6 is 0 Å². The van der Waals surface area contributed by atoms with Crippen molar-refractivity contribution in [1.82, 2.24) is 9.97 Å². The zero-order valence-corrected chi connectivity index (χ0v) is 13.1. The van der Waals surface area contributed by atoms with Gasteiger partial charge in [0.05, 0.1) is 18.9 Å². The molecule has 0 radical (unpaired) electrons. The predicted octanol–water partition coefficient (Wildman–Crippen LogP) is 1.73. The molecule has 3 N–H and O–H groups in total. The molecular weight excluding hydrogens is 292 g/mol. The molecule has 0 spiro atoms. The molecule has 2 heterocycles. The first-order valence-electron chi connectivity index (χ1n) is 7.53. The molecule has 1 aromatic heterocycles. The van der Waals surface area contributed by atoms with Gasteiger partial charge in [-0.2, -0.15) is 5.10 Å². The van der Waals surface area contributed by atoms with Gasteiger partial charge in [-0.3, -0.25) is 5.43 Å². The Bertz CT molecular complexity index is 696. The number of nitrogens with zero attached hydrogens (tertiary/aromatic N) is 4. The zero-order chi connectivity index (χ0) is 16.1. The predicted molar refractivity (Wildman–Crippen MR) is 91.8 cm³/mol. The topological polar surface area (TPSA) is 88.7 Å². The zero-order valence-electron chi connectivity index (χ0n) is 13.1. The second-order valence-corrected chi connectivity index (χ2v) is 5.30. The average Bonchev–Trinajstić information content (AvgIpc) is 2.61. The van der Waals surface area contributed by atoms with Crippen LogP contribution in [0.3, 0.4) is 0 Å². The molecule has 2 aromatic rings. The summed E-state index contributed by atoms with van der Waals surface area (Å²) in [5, 5.41) is 4.37. The average molecular weight is 312 g/mol. The molecule has 0 aliphatic carbocycles. The van der Waals surface area contributed by atoms with E-state index in [2.05, 4.69) is 25.4 Å². The number of morpholine rings is 1. The van der Waals surface area contributed by atoms with E-state index < -0.39 is 0 Å². The van der Waals surface area contributed by atoms with Gasteiger partial charge >= 0.3 is 0 Å². The van der Waals surface area contributed by atoms with Gasteiger partial charge in [0, 0.05) is 24.8 Å². The van der Waals surface area contributed by atoms with Crippen LogP contribution in [0.25, 0.3) is 0 Å². The fourth-order valence-electron chi connectivity index (χ4n) is 2.34. The molecular formula is C16H20N6O. The minimum absolute atomic E-state index is 0.657. The Balaban J connectivity index is 1.71. The van der Waals surface area contributed by atoms with Crippen LogP contribution in [-0.2, 0) is 4.74 Å². The SMILES string of the molecule is CC(=NNc1cc(N2CCOCC2)ncn1)c1cccc(N)c1. The lowest BCUT2D eigenvalue weighted by Gasteiger charge is -2.27. The van der Waals surface area contributed by atoms with Gasteiger partial charge in [0.1, 0.15) is 12.1 Å². The maximum absolute atomic E-state index is 5.79. The van der Waals surface area contributed by atoms with Crippen LogP contribution in [0.2, 0.25) is 0 Å². The maximum Gasteiger partial charge on any atom is 0.151 e. The summed E-state index contributed by atoms with van der Waals surface area (Å²) in [5.74, 6) is 1.53. The van der Waals surface area contributed by atoms with Gasteiger partial charge in [-0.15, -0.1) is 0 Å². The second kappa shape index (κ2) is 7.06. The van der Waals surface area contributed by atoms with Crippen molar-refractivity contribution in [3.63, 3.8) is 0 Å². The molecule has 1 aromatic carbocycles. The third kappa shape index (κ3) is 3.95. The van der Waals surface area contributed by atoms with Crippen molar-refractivity contribution in [2.75, 3.05) is 42.4 Å². The number of rotatable bonds is 4. The van der Waals surface area contributed by atoms with Crippen LogP contribution in [-0.4, -0.2) is 42.0 Å². The Morgan fingerprint density at radius 2 is 2.09 bits per heavy atom. The molecule has 1 fully saturated rings. The Morgan fingerprint density at radius 3 is 2.87 bits per heavy atom. The Kier molecular flexibility index (Phi) is 4.68. The van der Waals surface area contributed by atoms with Crippen LogP contribution in [0, 0.1) is 0 Å². The number of anilines is 3. The molecule has 23 heavy (non-hydrogen) atoms. The molecule has 0 bridgehead atoms. The molecule has 1 aliphatic rings. The van der Waals surface area contributed by atoms with E-state index in [9.17, 15) is 0 Å². The Labute approximate surface area is 135 Å². The van der Waals surface area contributed by atoms with E-state index in [0.29, 0.717) is 11.5 Å². The van der Waals surface area contributed by atoms with Crippen LogP contribution in [0.1, 0.15) is 12.5 Å². The van der Waals surface area contributed by atoms with Crippen molar-refractivity contribution >= 4 is 23.0 Å². The van der Waals surface area contributed by atoms with Crippen molar-refractivity contribution < 1.29 is 4.74 Å². The fourth-order valence-corrected chi connectivity index (χ4v) is 2.34. The number of hydrazone groups is 1. The minimum Gasteiger partial charge on any atom is -0.399 e. The van der Waals surface area contributed by atoms with Crippen molar-refractivity contribution in [2.45, 2.75) is 6.92 Å². The van der Waals surface area contributed by atoms with Crippen LogP contribution in [0.15, 0.2) is 41.8 Å². The normalized spacial score (nSPS) is 15.5. The van der Waals surface area contributed by atoms with Crippen LogP contribution in [0.4, 0.5) is 17.3 Å². The van der Waals surface area contributed by atoms with Gasteiger partial charge in [0.25, 0.3) is 0 Å². The number of aromatic nitrogens is 2. The van der Waals surface area contributed by atoms with E-state index in [4.69, 9.17) is 10.5 Å². The standard InChI is InChI=1S/C16H20N6O/c1-12(13-3-2-4-14(17)9-13)20-21-15-10-16(19-11-18-15)22-5-7-23-8-6-22/h2-4,9-11H,5-8,17H2,1H3,(H,18,19,21). The second-order valence-electron chi connectivity index (χ2n) is 5.30. The van der Waals surface area contributed by atoms with Crippen molar-refractivity contribution in [3.05, 3.63) is 42.2 Å². The van der Waals surface area contributed by atoms with E-state index in [1.165, 1.54) is 0 Å². The van der Waals surface area contributed by atoms with Gasteiger partial charge in [-0.05, 0) is 24.6 Å². The highest BCUT2D eigenvalue weighted by Crippen LogP contribution is 2.15. The molecule has 1 saturated heterocycles. The van der Waals surface area contributed by atoms with Crippen LogP contribution < -0.4 is 16.1 Å². The number of nitrogens with one attached hydrogen (secondary N) is 1. The van der Waals surface area contributed by atoms with E-state index in [0.717, 1.165) is 43.4 Å². The van der Waals surface area contributed by atoms with Gasteiger partial charge in [-0.1, -0.05) is 12.1 Å². The molecule has 0 saturated carbocycles. The summed E-state index contributed by atoms with van der Waals surface area (Å²) in [6.07, 6.45) is 1.54. The highest BCUT2D eigenvalue weighted by atomic mass is 16.5. The number of hydrogen-bond acceptors (Lipinski definition) is 7.